The summed E-state index contributed by atoms with van der Waals surface area (Å²) in [5.74, 6) is -0.0682. The van der Waals surface area contributed by atoms with Gasteiger partial charge in [-0.25, -0.2) is 4.39 Å². The van der Waals surface area contributed by atoms with E-state index in [1.807, 2.05) is 18.2 Å². The molecule has 0 amide bonds. The van der Waals surface area contributed by atoms with Gasteiger partial charge in [-0.1, -0.05) is 30.3 Å². The zero-order valence-corrected chi connectivity index (χ0v) is 11.2. The Bertz CT molecular complexity index is 567. The Labute approximate surface area is 117 Å². The predicted molar refractivity (Wildman–Crippen MR) is 73.8 cm³/mol. The summed E-state index contributed by atoms with van der Waals surface area (Å²) in [6.07, 6.45) is 0. The fourth-order valence-corrected chi connectivity index (χ4v) is 1.91. The number of hydrogen-bond donors (Lipinski definition) is 2. The molecule has 0 heterocycles. The maximum absolute atomic E-state index is 13.1. The van der Waals surface area contributed by atoms with Gasteiger partial charge < -0.3 is 14.9 Å². The van der Waals surface area contributed by atoms with Gasteiger partial charge in [0.1, 0.15) is 23.8 Å². The first-order valence-electron chi connectivity index (χ1n) is 6.33. The van der Waals surface area contributed by atoms with Crippen molar-refractivity contribution >= 4 is 0 Å². The molecule has 0 aromatic heterocycles. The average molecular weight is 276 g/mol. The minimum absolute atomic E-state index is 0.00957. The van der Waals surface area contributed by atoms with Crippen molar-refractivity contribution in [3.63, 3.8) is 0 Å². The summed E-state index contributed by atoms with van der Waals surface area (Å²) >= 11 is 0. The largest absolute Gasteiger partial charge is 0.490 e. The second-order valence-corrected chi connectivity index (χ2v) is 4.84. The molecule has 0 saturated carbocycles. The van der Waals surface area contributed by atoms with E-state index in [-0.39, 0.29) is 13.2 Å². The molecule has 0 saturated heterocycles. The summed E-state index contributed by atoms with van der Waals surface area (Å²) in [5, 5.41) is 19.6. The van der Waals surface area contributed by atoms with Gasteiger partial charge in [-0.05, 0) is 30.7 Å². The summed E-state index contributed by atoms with van der Waals surface area (Å²) in [4.78, 5) is 0. The molecule has 1 unspecified atom stereocenters. The van der Waals surface area contributed by atoms with E-state index in [1.54, 1.807) is 19.1 Å². The van der Waals surface area contributed by atoms with Gasteiger partial charge in [-0.15, -0.1) is 0 Å². The highest BCUT2D eigenvalue weighted by Crippen LogP contribution is 2.25. The van der Waals surface area contributed by atoms with Crippen LogP contribution in [0, 0.1) is 5.82 Å². The number of benzene rings is 2. The van der Waals surface area contributed by atoms with E-state index in [4.69, 9.17) is 4.74 Å². The molecule has 2 rings (SSSR count). The number of aliphatic hydroxyl groups excluding tert-OH is 1. The van der Waals surface area contributed by atoms with Crippen molar-refractivity contribution in [2.45, 2.75) is 19.1 Å². The lowest BCUT2D eigenvalue weighted by molar-refractivity contribution is 0.00693. The number of ether oxygens (including phenoxy) is 1. The van der Waals surface area contributed by atoms with E-state index in [1.165, 1.54) is 18.2 Å². The van der Waals surface area contributed by atoms with Gasteiger partial charge in [0.15, 0.2) is 0 Å². The van der Waals surface area contributed by atoms with Crippen LogP contribution in [0.1, 0.15) is 18.1 Å². The zero-order valence-electron chi connectivity index (χ0n) is 11.2. The maximum Gasteiger partial charge on any atom is 0.125 e. The molecular weight excluding hydrogens is 259 g/mol. The van der Waals surface area contributed by atoms with Gasteiger partial charge in [0, 0.05) is 5.56 Å². The molecule has 2 aromatic carbocycles. The highest BCUT2D eigenvalue weighted by Gasteiger charge is 2.24. The molecule has 0 fully saturated rings. The Morgan fingerprint density at radius 1 is 1.15 bits per heavy atom. The van der Waals surface area contributed by atoms with E-state index in [9.17, 15) is 14.6 Å². The third-order valence-electron chi connectivity index (χ3n) is 3.10. The molecule has 3 nitrogen and oxygen atoms in total. The van der Waals surface area contributed by atoms with E-state index in [0.29, 0.717) is 11.3 Å². The van der Waals surface area contributed by atoms with Crippen LogP contribution >= 0.6 is 0 Å². The Hall–Kier alpha value is -1.91. The summed E-state index contributed by atoms with van der Waals surface area (Å²) in [6.45, 7) is 1.33. The minimum Gasteiger partial charge on any atom is -0.490 e. The van der Waals surface area contributed by atoms with Crippen molar-refractivity contribution in [3.05, 3.63) is 65.5 Å². The summed E-state index contributed by atoms with van der Waals surface area (Å²) in [6, 6.07) is 13.1. The van der Waals surface area contributed by atoms with Crippen LogP contribution in [0.25, 0.3) is 0 Å². The molecule has 4 heteroatoms. The molecule has 0 bridgehead atoms. The fourth-order valence-electron chi connectivity index (χ4n) is 1.91. The van der Waals surface area contributed by atoms with Crippen molar-refractivity contribution < 1.29 is 19.3 Å². The molecule has 0 aliphatic carbocycles. The van der Waals surface area contributed by atoms with Crippen molar-refractivity contribution in [1.29, 1.82) is 0 Å². The standard InChI is InChI=1S/C16H17FO3/c1-16(19,13-5-3-2-4-6-13)11-20-15-8-7-14(17)9-12(15)10-18/h2-9,18-19H,10-11H2,1H3. The van der Waals surface area contributed by atoms with Gasteiger partial charge in [0.25, 0.3) is 0 Å². The van der Waals surface area contributed by atoms with Crippen LogP contribution in [0.15, 0.2) is 48.5 Å². The fraction of sp³-hybridized carbons (Fsp3) is 0.250. The number of aliphatic hydroxyl groups is 2. The molecule has 2 N–H and O–H groups in total. The smallest absolute Gasteiger partial charge is 0.125 e. The van der Waals surface area contributed by atoms with E-state index < -0.39 is 11.4 Å². The lowest BCUT2D eigenvalue weighted by atomic mass is 9.97. The topological polar surface area (TPSA) is 49.7 Å². The Morgan fingerprint density at radius 3 is 2.50 bits per heavy atom. The van der Waals surface area contributed by atoms with E-state index in [0.717, 1.165) is 5.56 Å². The Balaban J connectivity index is 2.12. The monoisotopic (exact) mass is 276 g/mol. The van der Waals surface area contributed by atoms with Gasteiger partial charge >= 0.3 is 0 Å². The number of halogens is 1. The lowest BCUT2D eigenvalue weighted by Gasteiger charge is -2.24. The quantitative estimate of drug-likeness (QED) is 0.882. The van der Waals surface area contributed by atoms with E-state index in [2.05, 4.69) is 0 Å². The lowest BCUT2D eigenvalue weighted by Crippen LogP contribution is -2.29. The molecule has 2 aromatic rings. The van der Waals surface area contributed by atoms with Gasteiger partial charge in [0.05, 0.1) is 6.61 Å². The summed E-state index contributed by atoms with van der Waals surface area (Å²) < 4.78 is 18.6. The summed E-state index contributed by atoms with van der Waals surface area (Å²) in [7, 11) is 0. The van der Waals surface area contributed by atoms with Crippen LogP contribution in [-0.2, 0) is 12.2 Å². The summed E-state index contributed by atoms with van der Waals surface area (Å²) in [5.41, 5.74) is -0.0796. The first-order chi connectivity index (χ1) is 9.53. The van der Waals surface area contributed by atoms with Gasteiger partial charge in [0.2, 0.25) is 0 Å². The molecule has 1 atom stereocenters. The normalized spacial score (nSPS) is 13.8. The highest BCUT2D eigenvalue weighted by molar-refractivity contribution is 5.33. The van der Waals surface area contributed by atoms with Crippen LogP contribution in [0.3, 0.4) is 0 Å². The third kappa shape index (κ3) is 3.35. The second-order valence-electron chi connectivity index (χ2n) is 4.84. The zero-order chi connectivity index (χ0) is 14.6. The number of rotatable bonds is 5. The molecule has 0 spiro atoms. The number of hydrogen-bond acceptors (Lipinski definition) is 3. The average Bonchev–Trinajstić information content (AvgIpc) is 2.46. The molecule has 0 aliphatic heterocycles. The molecular formula is C16H17FO3. The maximum atomic E-state index is 13.1. The molecule has 0 aliphatic rings. The highest BCUT2D eigenvalue weighted by atomic mass is 19.1. The minimum atomic E-state index is -1.16. The molecule has 106 valence electrons. The Morgan fingerprint density at radius 2 is 1.85 bits per heavy atom. The van der Waals surface area contributed by atoms with Crippen molar-refractivity contribution in [2.24, 2.45) is 0 Å². The van der Waals surface area contributed by atoms with Crippen LogP contribution in [-0.4, -0.2) is 16.8 Å². The van der Waals surface area contributed by atoms with Crippen LogP contribution < -0.4 is 4.74 Å². The first-order valence-corrected chi connectivity index (χ1v) is 6.33. The Kier molecular flexibility index (Phi) is 4.37. The van der Waals surface area contributed by atoms with Crippen LogP contribution in [0.4, 0.5) is 4.39 Å². The van der Waals surface area contributed by atoms with Crippen molar-refractivity contribution in [3.8, 4) is 5.75 Å². The molecule has 20 heavy (non-hydrogen) atoms. The predicted octanol–water partition coefficient (Wildman–Crippen LogP) is 2.60. The van der Waals surface area contributed by atoms with Crippen molar-refractivity contribution in [2.75, 3.05) is 6.61 Å². The van der Waals surface area contributed by atoms with Crippen LogP contribution in [0.5, 0.6) is 5.75 Å². The second kappa shape index (κ2) is 6.03. The van der Waals surface area contributed by atoms with Crippen molar-refractivity contribution in [1.82, 2.24) is 0 Å². The van der Waals surface area contributed by atoms with Gasteiger partial charge in [-0.2, -0.15) is 0 Å². The molecule has 0 radical (unpaired) electrons. The van der Waals surface area contributed by atoms with Crippen LogP contribution in [0.2, 0.25) is 0 Å². The third-order valence-corrected chi connectivity index (χ3v) is 3.10. The first kappa shape index (κ1) is 14.5. The van der Waals surface area contributed by atoms with E-state index >= 15 is 0 Å². The SMILES string of the molecule is CC(O)(COc1ccc(F)cc1CO)c1ccccc1. The van der Waals surface area contributed by atoms with Gasteiger partial charge in [-0.3, -0.25) is 0 Å².